The highest BCUT2D eigenvalue weighted by molar-refractivity contribution is 5.31. The van der Waals surface area contributed by atoms with Gasteiger partial charge in [-0.2, -0.15) is 5.10 Å². The maximum Gasteiger partial charge on any atom is 0.148 e. The number of hydrogen-bond acceptors (Lipinski definition) is 4. The van der Waals surface area contributed by atoms with Crippen LogP contribution in [0.1, 0.15) is 19.8 Å². The SMILES string of the molecule is CCN1CCC(CNc2cccnn2)CC1. The first-order valence-corrected chi connectivity index (χ1v) is 6.12. The summed E-state index contributed by atoms with van der Waals surface area (Å²) in [5.41, 5.74) is 0. The summed E-state index contributed by atoms with van der Waals surface area (Å²) >= 11 is 0. The lowest BCUT2D eigenvalue weighted by molar-refractivity contribution is 0.198. The molecule has 2 heterocycles. The van der Waals surface area contributed by atoms with Crippen LogP contribution in [0.25, 0.3) is 0 Å². The van der Waals surface area contributed by atoms with Crippen molar-refractivity contribution in [3.8, 4) is 0 Å². The molecule has 0 aliphatic carbocycles. The van der Waals surface area contributed by atoms with Gasteiger partial charge in [0.2, 0.25) is 0 Å². The molecule has 4 heteroatoms. The molecular weight excluding hydrogens is 200 g/mol. The summed E-state index contributed by atoms with van der Waals surface area (Å²) in [6.07, 6.45) is 4.28. The zero-order chi connectivity index (χ0) is 11.2. The molecule has 0 unspecified atom stereocenters. The Morgan fingerprint density at radius 1 is 1.44 bits per heavy atom. The van der Waals surface area contributed by atoms with Crippen LogP contribution in [0.15, 0.2) is 18.3 Å². The molecule has 0 spiro atoms. The van der Waals surface area contributed by atoms with Crippen LogP contribution in [0, 0.1) is 5.92 Å². The second kappa shape index (κ2) is 5.80. The second-order valence-electron chi connectivity index (χ2n) is 4.37. The number of nitrogens with zero attached hydrogens (tertiary/aromatic N) is 3. The first-order chi connectivity index (χ1) is 7.88. The molecule has 0 atom stereocenters. The van der Waals surface area contributed by atoms with E-state index in [0.717, 1.165) is 18.3 Å². The Labute approximate surface area is 97.1 Å². The molecule has 16 heavy (non-hydrogen) atoms. The van der Waals surface area contributed by atoms with Gasteiger partial charge in [0, 0.05) is 12.7 Å². The van der Waals surface area contributed by atoms with Crippen LogP contribution in [0.4, 0.5) is 5.82 Å². The summed E-state index contributed by atoms with van der Waals surface area (Å²) in [5, 5.41) is 11.2. The molecule has 1 aromatic rings. The van der Waals surface area contributed by atoms with Gasteiger partial charge < -0.3 is 10.2 Å². The molecule has 1 aliphatic heterocycles. The predicted molar refractivity (Wildman–Crippen MR) is 65.4 cm³/mol. The zero-order valence-electron chi connectivity index (χ0n) is 9.89. The van der Waals surface area contributed by atoms with Gasteiger partial charge in [-0.3, -0.25) is 0 Å². The van der Waals surface area contributed by atoms with Crippen LogP contribution < -0.4 is 5.32 Å². The summed E-state index contributed by atoms with van der Waals surface area (Å²) in [5.74, 6) is 1.67. The van der Waals surface area contributed by atoms with Crippen LogP contribution in [-0.2, 0) is 0 Å². The molecule has 1 N–H and O–H groups in total. The summed E-state index contributed by atoms with van der Waals surface area (Å²) < 4.78 is 0. The highest BCUT2D eigenvalue weighted by Crippen LogP contribution is 2.17. The van der Waals surface area contributed by atoms with E-state index >= 15 is 0 Å². The van der Waals surface area contributed by atoms with Crippen molar-refractivity contribution in [2.45, 2.75) is 19.8 Å². The van der Waals surface area contributed by atoms with Gasteiger partial charge in [0.1, 0.15) is 5.82 Å². The first kappa shape index (κ1) is 11.3. The molecule has 1 fully saturated rings. The average molecular weight is 220 g/mol. The average Bonchev–Trinajstić information content (AvgIpc) is 2.38. The van der Waals surface area contributed by atoms with Gasteiger partial charge in [0.15, 0.2) is 0 Å². The monoisotopic (exact) mass is 220 g/mol. The standard InChI is InChI=1S/C12H20N4/c1-2-16-8-5-11(6-9-16)10-13-12-4-3-7-14-15-12/h3-4,7,11H,2,5-6,8-10H2,1H3,(H,13,15). The topological polar surface area (TPSA) is 41.0 Å². The van der Waals surface area contributed by atoms with E-state index in [1.807, 2.05) is 12.1 Å². The molecule has 2 rings (SSSR count). The van der Waals surface area contributed by atoms with E-state index < -0.39 is 0 Å². The molecule has 1 aliphatic rings. The van der Waals surface area contributed by atoms with Crippen molar-refractivity contribution < 1.29 is 0 Å². The summed E-state index contributed by atoms with van der Waals surface area (Å²) in [7, 11) is 0. The molecule has 0 radical (unpaired) electrons. The van der Waals surface area contributed by atoms with Crippen molar-refractivity contribution in [1.82, 2.24) is 15.1 Å². The lowest BCUT2D eigenvalue weighted by atomic mass is 9.97. The quantitative estimate of drug-likeness (QED) is 0.837. The summed E-state index contributed by atoms with van der Waals surface area (Å²) in [6, 6.07) is 3.88. The smallest absolute Gasteiger partial charge is 0.148 e. The summed E-state index contributed by atoms with van der Waals surface area (Å²) in [4.78, 5) is 2.51. The van der Waals surface area contributed by atoms with Crippen LogP contribution >= 0.6 is 0 Å². The van der Waals surface area contributed by atoms with Crippen molar-refractivity contribution in [2.24, 2.45) is 5.92 Å². The minimum absolute atomic E-state index is 0.782. The molecule has 0 amide bonds. The molecule has 88 valence electrons. The number of aromatic nitrogens is 2. The number of anilines is 1. The van der Waals surface area contributed by atoms with E-state index in [1.165, 1.54) is 32.5 Å². The highest BCUT2D eigenvalue weighted by atomic mass is 15.2. The largest absolute Gasteiger partial charge is 0.368 e. The van der Waals surface area contributed by atoms with Crippen LogP contribution in [-0.4, -0.2) is 41.3 Å². The van der Waals surface area contributed by atoms with Gasteiger partial charge in [0.25, 0.3) is 0 Å². The second-order valence-corrected chi connectivity index (χ2v) is 4.37. The third-order valence-corrected chi connectivity index (χ3v) is 3.30. The number of likely N-dealkylation sites (tertiary alicyclic amines) is 1. The first-order valence-electron chi connectivity index (χ1n) is 6.12. The Kier molecular flexibility index (Phi) is 4.10. The van der Waals surface area contributed by atoms with E-state index in [9.17, 15) is 0 Å². The Morgan fingerprint density at radius 3 is 2.88 bits per heavy atom. The lowest BCUT2D eigenvalue weighted by Crippen LogP contribution is -2.35. The number of hydrogen-bond donors (Lipinski definition) is 1. The minimum Gasteiger partial charge on any atom is -0.368 e. The van der Waals surface area contributed by atoms with Crippen molar-refractivity contribution in [1.29, 1.82) is 0 Å². The van der Waals surface area contributed by atoms with Gasteiger partial charge in [0.05, 0.1) is 0 Å². The normalized spacial score (nSPS) is 18.6. The molecule has 1 saturated heterocycles. The molecular formula is C12H20N4. The third-order valence-electron chi connectivity index (χ3n) is 3.30. The van der Waals surface area contributed by atoms with Crippen molar-refractivity contribution in [3.05, 3.63) is 18.3 Å². The number of rotatable bonds is 4. The van der Waals surface area contributed by atoms with E-state index in [1.54, 1.807) is 6.20 Å². The van der Waals surface area contributed by atoms with Gasteiger partial charge in [-0.25, -0.2) is 0 Å². The molecule has 0 bridgehead atoms. The van der Waals surface area contributed by atoms with Crippen LogP contribution in [0.3, 0.4) is 0 Å². The van der Waals surface area contributed by atoms with E-state index in [0.29, 0.717) is 0 Å². The van der Waals surface area contributed by atoms with Crippen LogP contribution in [0.2, 0.25) is 0 Å². The molecule has 1 aromatic heterocycles. The predicted octanol–water partition coefficient (Wildman–Crippen LogP) is 1.62. The van der Waals surface area contributed by atoms with E-state index in [-0.39, 0.29) is 0 Å². The fourth-order valence-electron chi connectivity index (χ4n) is 2.15. The van der Waals surface area contributed by atoms with Gasteiger partial charge in [-0.1, -0.05) is 6.92 Å². The maximum absolute atomic E-state index is 4.02. The molecule has 0 aromatic carbocycles. The van der Waals surface area contributed by atoms with Crippen molar-refractivity contribution in [3.63, 3.8) is 0 Å². The summed E-state index contributed by atoms with van der Waals surface area (Å²) in [6.45, 7) is 6.92. The minimum atomic E-state index is 0.782. The van der Waals surface area contributed by atoms with Gasteiger partial charge in [-0.05, 0) is 50.5 Å². The van der Waals surface area contributed by atoms with E-state index in [4.69, 9.17) is 0 Å². The van der Waals surface area contributed by atoms with Crippen molar-refractivity contribution in [2.75, 3.05) is 31.5 Å². The molecule has 0 saturated carbocycles. The van der Waals surface area contributed by atoms with Gasteiger partial charge >= 0.3 is 0 Å². The molecule has 4 nitrogen and oxygen atoms in total. The Morgan fingerprint density at radius 2 is 2.25 bits per heavy atom. The number of nitrogens with one attached hydrogen (secondary N) is 1. The fraction of sp³-hybridized carbons (Fsp3) is 0.667. The fourth-order valence-corrected chi connectivity index (χ4v) is 2.15. The van der Waals surface area contributed by atoms with Gasteiger partial charge in [-0.15, -0.1) is 5.10 Å². The zero-order valence-corrected chi connectivity index (χ0v) is 9.89. The van der Waals surface area contributed by atoms with Crippen molar-refractivity contribution >= 4 is 5.82 Å². The Bertz CT molecular complexity index is 293. The Balaban J connectivity index is 1.72. The highest BCUT2D eigenvalue weighted by Gasteiger charge is 2.17. The Hall–Kier alpha value is -1.16. The maximum atomic E-state index is 4.02. The third kappa shape index (κ3) is 3.17. The van der Waals surface area contributed by atoms with E-state index in [2.05, 4.69) is 27.3 Å². The lowest BCUT2D eigenvalue weighted by Gasteiger charge is -2.31. The van der Waals surface area contributed by atoms with Crippen LogP contribution in [0.5, 0.6) is 0 Å². The number of piperidine rings is 1.